The van der Waals surface area contributed by atoms with Crippen LogP contribution in [0.15, 0.2) is 18.2 Å². The van der Waals surface area contributed by atoms with E-state index in [0.29, 0.717) is 13.2 Å². The molecule has 1 aliphatic rings. The Bertz CT molecular complexity index is 552. The number of carbonyl (C=O) groups excluding carboxylic acids is 1. The summed E-state index contributed by atoms with van der Waals surface area (Å²) in [4.78, 5) is 22.2. The Balaban J connectivity index is 2.12. The zero-order chi connectivity index (χ0) is 15.4. The molecule has 1 fully saturated rings. The third kappa shape index (κ3) is 3.53. The second-order valence-corrected chi connectivity index (χ2v) is 4.72. The molecule has 1 heterocycles. The van der Waals surface area contributed by atoms with Crippen LogP contribution in [-0.2, 0) is 9.53 Å². The topological polar surface area (TPSA) is 93.5 Å². The van der Waals surface area contributed by atoms with Gasteiger partial charge in [-0.15, -0.1) is 0 Å². The van der Waals surface area contributed by atoms with E-state index in [9.17, 15) is 19.3 Å². The van der Waals surface area contributed by atoms with Crippen LogP contribution in [0, 0.1) is 21.8 Å². The first-order chi connectivity index (χ1) is 10.0. The number of nitro groups is 1. The average Bonchev–Trinajstić information content (AvgIpc) is 2.89. The van der Waals surface area contributed by atoms with Gasteiger partial charge in [-0.2, -0.15) is 0 Å². The van der Waals surface area contributed by atoms with E-state index in [4.69, 9.17) is 4.74 Å². The van der Waals surface area contributed by atoms with Crippen molar-refractivity contribution in [2.45, 2.75) is 13.0 Å². The highest BCUT2D eigenvalue weighted by Crippen LogP contribution is 2.23. The fourth-order valence-corrected chi connectivity index (χ4v) is 2.22. The zero-order valence-corrected chi connectivity index (χ0v) is 11.5. The Hall–Kier alpha value is -2.06. The van der Waals surface area contributed by atoms with Gasteiger partial charge in [0.15, 0.2) is 0 Å². The molecule has 2 rings (SSSR count). The van der Waals surface area contributed by atoms with Gasteiger partial charge >= 0.3 is 0 Å². The van der Waals surface area contributed by atoms with Crippen LogP contribution in [0.25, 0.3) is 0 Å². The lowest BCUT2D eigenvalue weighted by molar-refractivity contribution is -0.384. The molecule has 114 valence electrons. The number of halogens is 1. The maximum atomic E-state index is 13.6. The molecule has 0 aliphatic carbocycles. The van der Waals surface area contributed by atoms with Crippen LogP contribution in [0.1, 0.15) is 6.92 Å². The van der Waals surface area contributed by atoms with Crippen molar-refractivity contribution in [3.63, 3.8) is 0 Å². The van der Waals surface area contributed by atoms with E-state index in [0.717, 1.165) is 18.2 Å². The summed E-state index contributed by atoms with van der Waals surface area (Å²) >= 11 is 0. The largest absolute Gasteiger partial charge is 0.379 e. The number of hydrogen-bond donors (Lipinski definition) is 2. The molecule has 0 spiro atoms. The fourth-order valence-electron chi connectivity index (χ4n) is 2.22. The molecule has 21 heavy (non-hydrogen) atoms. The number of non-ortho nitro benzene ring substituents is 1. The van der Waals surface area contributed by atoms with E-state index in [2.05, 4.69) is 10.6 Å². The van der Waals surface area contributed by atoms with Crippen molar-refractivity contribution >= 4 is 17.3 Å². The maximum absolute atomic E-state index is 13.6. The van der Waals surface area contributed by atoms with Crippen molar-refractivity contribution in [3.8, 4) is 0 Å². The van der Waals surface area contributed by atoms with E-state index in [1.54, 1.807) is 0 Å². The van der Waals surface area contributed by atoms with Crippen LogP contribution in [0.4, 0.5) is 15.8 Å². The quantitative estimate of drug-likeness (QED) is 0.631. The maximum Gasteiger partial charge on any atom is 0.271 e. The van der Waals surface area contributed by atoms with Gasteiger partial charge in [0.2, 0.25) is 5.91 Å². The minimum absolute atomic E-state index is 0.142. The van der Waals surface area contributed by atoms with Crippen LogP contribution in [0.2, 0.25) is 0 Å². The molecular formula is C13H16FN3O4. The molecule has 8 heteroatoms. The lowest BCUT2D eigenvalue weighted by Gasteiger charge is -2.17. The molecule has 1 saturated heterocycles. The average molecular weight is 297 g/mol. The Kier molecular flexibility index (Phi) is 4.81. The van der Waals surface area contributed by atoms with Crippen molar-refractivity contribution < 1.29 is 18.8 Å². The second kappa shape index (κ2) is 6.59. The van der Waals surface area contributed by atoms with E-state index in [1.807, 2.05) is 6.92 Å². The summed E-state index contributed by atoms with van der Waals surface area (Å²) in [5, 5.41) is 16.2. The Labute approximate surface area is 120 Å². The molecule has 1 amide bonds. The van der Waals surface area contributed by atoms with Crippen molar-refractivity contribution in [2.24, 2.45) is 5.92 Å². The third-order valence-corrected chi connectivity index (χ3v) is 3.30. The monoisotopic (exact) mass is 297 g/mol. The third-order valence-electron chi connectivity index (χ3n) is 3.30. The summed E-state index contributed by atoms with van der Waals surface area (Å²) in [6, 6.07) is 2.87. The first-order valence-corrected chi connectivity index (χ1v) is 6.59. The number of anilines is 1. The SMILES string of the molecule is CCNC1COCC1C(=O)Nc1cc([N+](=O)[O-])ccc1F. The van der Waals surface area contributed by atoms with Gasteiger partial charge < -0.3 is 15.4 Å². The molecular weight excluding hydrogens is 281 g/mol. The number of nitro benzene ring substituents is 1. The summed E-state index contributed by atoms with van der Waals surface area (Å²) in [6.45, 7) is 3.24. The normalized spacial score (nSPS) is 21.2. The molecule has 2 N–H and O–H groups in total. The standard InChI is InChI=1S/C13H16FN3O4/c1-2-15-12-7-21-6-9(12)13(18)16-11-5-8(17(19)20)3-4-10(11)14/h3-5,9,12,15H,2,6-7H2,1H3,(H,16,18). The Morgan fingerprint density at radius 3 is 2.95 bits per heavy atom. The molecule has 0 saturated carbocycles. The van der Waals surface area contributed by atoms with Gasteiger partial charge in [-0.3, -0.25) is 14.9 Å². The van der Waals surface area contributed by atoms with Crippen LogP contribution in [0.3, 0.4) is 0 Å². The highest BCUT2D eigenvalue weighted by molar-refractivity contribution is 5.93. The van der Waals surface area contributed by atoms with Crippen molar-refractivity contribution in [3.05, 3.63) is 34.1 Å². The number of likely N-dealkylation sites (N-methyl/N-ethyl adjacent to an activating group) is 1. The van der Waals surface area contributed by atoms with E-state index < -0.39 is 22.6 Å². The molecule has 2 unspecified atom stereocenters. The number of rotatable bonds is 5. The molecule has 1 aromatic rings. The highest BCUT2D eigenvalue weighted by atomic mass is 19.1. The number of nitrogens with one attached hydrogen (secondary N) is 2. The van der Waals surface area contributed by atoms with Gasteiger partial charge in [-0.25, -0.2) is 4.39 Å². The van der Waals surface area contributed by atoms with Gasteiger partial charge in [0.25, 0.3) is 5.69 Å². The van der Waals surface area contributed by atoms with Crippen LogP contribution in [0.5, 0.6) is 0 Å². The summed E-state index contributed by atoms with van der Waals surface area (Å²) in [6.07, 6.45) is 0. The molecule has 1 aromatic carbocycles. The number of nitrogens with zero attached hydrogens (tertiary/aromatic N) is 1. The number of amides is 1. The van der Waals surface area contributed by atoms with E-state index in [-0.39, 0.29) is 24.0 Å². The zero-order valence-electron chi connectivity index (χ0n) is 11.5. The number of benzene rings is 1. The lowest BCUT2D eigenvalue weighted by Crippen LogP contribution is -2.41. The van der Waals surface area contributed by atoms with Gasteiger partial charge in [-0.1, -0.05) is 6.92 Å². The lowest BCUT2D eigenvalue weighted by atomic mass is 10.0. The molecule has 0 bridgehead atoms. The van der Waals surface area contributed by atoms with E-state index in [1.165, 1.54) is 0 Å². The van der Waals surface area contributed by atoms with Crippen LogP contribution in [-0.4, -0.2) is 36.6 Å². The number of hydrogen-bond acceptors (Lipinski definition) is 5. The molecule has 0 aromatic heterocycles. The van der Waals surface area contributed by atoms with Crippen molar-refractivity contribution in [1.29, 1.82) is 0 Å². The predicted octanol–water partition coefficient (Wildman–Crippen LogP) is 1.30. The second-order valence-electron chi connectivity index (χ2n) is 4.72. The first-order valence-electron chi connectivity index (χ1n) is 6.59. The summed E-state index contributed by atoms with van der Waals surface area (Å²) in [5.74, 6) is -1.59. The molecule has 0 radical (unpaired) electrons. The van der Waals surface area contributed by atoms with Crippen LogP contribution < -0.4 is 10.6 Å². The summed E-state index contributed by atoms with van der Waals surface area (Å²) < 4.78 is 18.9. The van der Waals surface area contributed by atoms with Gasteiger partial charge in [0, 0.05) is 18.2 Å². The van der Waals surface area contributed by atoms with Crippen molar-refractivity contribution in [2.75, 3.05) is 25.1 Å². The highest BCUT2D eigenvalue weighted by Gasteiger charge is 2.33. The van der Waals surface area contributed by atoms with Crippen LogP contribution >= 0.6 is 0 Å². The number of carbonyl (C=O) groups is 1. The van der Waals surface area contributed by atoms with E-state index >= 15 is 0 Å². The summed E-state index contributed by atoms with van der Waals surface area (Å²) in [5.41, 5.74) is -0.478. The van der Waals surface area contributed by atoms with Gasteiger partial charge in [0.1, 0.15) is 5.82 Å². The number of ether oxygens (including phenoxy) is 1. The van der Waals surface area contributed by atoms with Gasteiger partial charge in [0.05, 0.1) is 29.7 Å². The minimum Gasteiger partial charge on any atom is -0.379 e. The Morgan fingerprint density at radius 2 is 2.29 bits per heavy atom. The smallest absolute Gasteiger partial charge is 0.271 e. The predicted molar refractivity (Wildman–Crippen MR) is 73.5 cm³/mol. The first kappa shape index (κ1) is 15.3. The Morgan fingerprint density at radius 1 is 1.52 bits per heavy atom. The van der Waals surface area contributed by atoms with Gasteiger partial charge in [-0.05, 0) is 12.6 Å². The summed E-state index contributed by atoms with van der Waals surface area (Å²) in [7, 11) is 0. The fraction of sp³-hybridized carbons (Fsp3) is 0.462. The minimum atomic E-state index is -0.715. The molecule has 7 nitrogen and oxygen atoms in total. The molecule has 2 atom stereocenters. The van der Waals surface area contributed by atoms with Crippen molar-refractivity contribution in [1.82, 2.24) is 5.32 Å². The molecule has 1 aliphatic heterocycles.